The van der Waals surface area contributed by atoms with Crippen LogP contribution in [0.25, 0.3) is 0 Å². The van der Waals surface area contributed by atoms with Gasteiger partial charge >= 0.3 is 23.9 Å². The molecule has 12 nitrogen and oxygen atoms in total. The Labute approximate surface area is 210 Å². The molecule has 0 N–H and O–H groups in total. The van der Waals surface area contributed by atoms with E-state index in [2.05, 4.69) is 23.4 Å². The Bertz CT molecular complexity index is 886. The molecule has 12 heteroatoms. The normalized spacial score (nSPS) is 13.7. The predicted molar refractivity (Wildman–Crippen MR) is 125 cm³/mol. The van der Waals surface area contributed by atoms with Gasteiger partial charge in [-0.3, -0.25) is 9.59 Å². The topological polar surface area (TPSA) is 177 Å². The third-order valence-corrected chi connectivity index (χ3v) is 4.46. The molecule has 0 aromatic rings. The Morgan fingerprint density at radius 2 is 1.00 bits per heavy atom. The molecule has 0 saturated heterocycles. The molecule has 0 fully saturated rings. The van der Waals surface area contributed by atoms with E-state index in [0.29, 0.717) is 0 Å². The van der Waals surface area contributed by atoms with Gasteiger partial charge in [0.05, 0.1) is 12.1 Å². The van der Waals surface area contributed by atoms with Crippen molar-refractivity contribution in [2.24, 2.45) is 10.2 Å². The average molecular weight is 505 g/mol. The Kier molecular flexibility index (Phi) is 14.0. The van der Waals surface area contributed by atoms with Crippen molar-refractivity contribution in [3.8, 4) is 12.1 Å². The maximum absolute atomic E-state index is 11.9. The second kappa shape index (κ2) is 15.8. The molecule has 2 atom stereocenters. The fraction of sp³-hybridized carbons (Fsp3) is 0.583. The predicted octanol–water partition coefficient (Wildman–Crippen LogP) is 2.89. The van der Waals surface area contributed by atoms with Crippen molar-refractivity contribution in [3.63, 3.8) is 0 Å². The van der Waals surface area contributed by atoms with Crippen LogP contribution in [0.5, 0.6) is 0 Å². The molecule has 0 aliphatic rings. The molecule has 0 aliphatic heterocycles. The quantitative estimate of drug-likeness (QED) is 0.0997. The van der Waals surface area contributed by atoms with E-state index in [-0.39, 0.29) is 63.3 Å². The lowest BCUT2D eigenvalue weighted by molar-refractivity contribution is -0.150. The molecule has 0 amide bonds. The van der Waals surface area contributed by atoms with Gasteiger partial charge in [-0.1, -0.05) is 13.2 Å². The molecule has 0 rings (SSSR count). The molecule has 0 saturated carbocycles. The van der Waals surface area contributed by atoms with E-state index in [4.69, 9.17) is 18.9 Å². The van der Waals surface area contributed by atoms with Crippen LogP contribution in [0.4, 0.5) is 0 Å². The number of rotatable bonds is 16. The van der Waals surface area contributed by atoms with E-state index >= 15 is 0 Å². The summed E-state index contributed by atoms with van der Waals surface area (Å²) in [6, 6.07) is 3.89. The van der Waals surface area contributed by atoms with Crippen molar-refractivity contribution in [2.75, 3.05) is 26.4 Å². The van der Waals surface area contributed by atoms with Gasteiger partial charge in [-0.15, -0.1) is 0 Å². The van der Waals surface area contributed by atoms with Gasteiger partial charge in [-0.2, -0.15) is 20.8 Å². The van der Waals surface area contributed by atoms with Crippen molar-refractivity contribution < 1.29 is 38.1 Å². The third-order valence-electron chi connectivity index (χ3n) is 4.46. The van der Waals surface area contributed by atoms with Gasteiger partial charge in [-0.05, 0) is 40.5 Å². The van der Waals surface area contributed by atoms with Crippen LogP contribution in [0.2, 0.25) is 0 Å². The SMILES string of the molecule is C=C(C)C(=O)OCCOC(=O)CCC(C)(C#N)/N=N\C(C)(C#N)CCC(=O)OCCOC(=O)C(=C)C. The van der Waals surface area contributed by atoms with Crippen LogP contribution >= 0.6 is 0 Å². The molecule has 0 spiro atoms. The fourth-order valence-corrected chi connectivity index (χ4v) is 2.14. The largest absolute Gasteiger partial charge is 0.462 e. The Balaban J connectivity index is 4.63. The van der Waals surface area contributed by atoms with Gasteiger partial charge in [0, 0.05) is 24.0 Å². The van der Waals surface area contributed by atoms with Gasteiger partial charge < -0.3 is 18.9 Å². The molecule has 196 valence electrons. The molecule has 0 heterocycles. The van der Waals surface area contributed by atoms with E-state index in [9.17, 15) is 29.7 Å². The number of hydrogen-bond acceptors (Lipinski definition) is 12. The van der Waals surface area contributed by atoms with E-state index in [1.807, 2.05) is 12.1 Å². The number of carbonyl (C=O) groups excluding carboxylic acids is 4. The summed E-state index contributed by atoms with van der Waals surface area (Å²) in [5.74, 6) is -2.45. The number of esters is 4. The fourth-order valence-electron chi connectivity index (χ4n) is 2.14. The molecule has 2 unspecified atom stereocenters. The van der Waals surface area contributed by atoms with Crippen molar-refractivity contribution in [1.29, 1.82) is 10.5 Å². The maximum Gasteiger partial charge on any atom is 0.333 e. The number of nitrogens with zero attached hydrogens (tertiary/aromatic N) is 4. The molecule has 0 aromatic carbocycles. The smallest absolute Gasteiger partial charge is 0.333 e. The average Bonchev–Trinajstić information content (AvgIpc) is 2.84. The molecule has 0 radical (unpaired) electrons. The summed E-state index contributed by atoms with van der Waals surface area (Å²) in [5, 5.41) is 26.9. The van der Waals surface area contributed by atoms with E-state index in [0.717, 1.165) is 0 Å². The van der Waals surface area contributed by atoms with Gasteiger partial charge in [0.2, 0.25) is 0 Å². The summed E-state index contributed by atoms with van der Waals surface area (Å²) in [6.45, 7) is 12.2. The van der Waals surface area contributed by atoms with E-state index in [1.165, 1.54) is 27.7 Å². The zero-order valence-corrected chi connectivity index (χ0v) is 21.1. The summed E-state index contributed by atoms with van der Waals surface area (Å²) >= 11 is 0. The molecular formula is C24H32N4O8. The maximum atomic E-state index is 11.9. The van der Waals surface area contributed by atoms with Gasteiger partial charge in [0.15, 0.2) is 11.1 Å². The van der Waals surface area contributed by atoms with Gasteiger partial charge in [0.25, 0.3) is 0 Å². The van der Waals surface area contributed by atoms with Crippen molar-refractivity contribution >= 4 is 23.9 Å². The molecule has 36 heavy (non-hydrogen) atoms. The van der Waals surface area contributed by atoms with E-state index in [1.54, 1.807) is 0 Å². The van der Waals surface area contributed by atoms with Crippen LogP contribution in [0.15, 0.2) is 34.5 Å². The minimum absolute atomic E-state index is 0.0379. The molecule has 0 aromatic heterocycles. The van der Waals surface area contributed by atoms with Crippen molar-refractivity contribution in [1.82, 2.24) is 0 Å². The number of nitriles is 2. The molecule has 0 bridgehead atoms. The highest BCUT2D eigenvalue weighted by atomic mass is 16.6. The standard InChI is InChI=1S/C24H32N4O8/c1-17(2)21(31)35-13-11-33-19(29)7-9-23(5,15-25)27-28-24(6,16-26)10-8-20(30)34-12-14-36-22(32)18(3)4/h1,3,7-14H2,2,4-6H3/b28-27-. The van der Waals surface area contributed by atoms with Crippen molar-refractivity contribution in [2.45, 2.75) is 64.5 Å². The summed E-state index contributed by atoms with van der Waals surface area (Å²) in [7, 11) is 0. The highest BCUT2D eigenvalue weighted by molar-refractivity contribution is 5.87. The van der Waals surface area contributed by atoms with Crippen molar-refractivity contribution in [3.05, 3.63) is 24.3 Å². The first kappa shape index (κ1) is 31.9. The Morgan fingerprint density at radius 1 is 0.694 bits per heavy atom. The highest BCUT2D eigenvalue weighted by Crippen LogP contribution is 2.23. The van der Waals surface area contributed by atoms with Gasteiger partial charge in [-0.25, -0.2) is 9.59 Å². The lowest BCUT2D eigenvalue weighted by Gasteiger charge is -2.19. The Morgan fingerprint density at radius 3 is 1.28 bits per heavy atom. The van der Waals surface area contributed by atoms with Crippen LogP contribution in [0.3, 0.4) is 0 Å². The number of hydrogen-bond donors (Lipinski definition) is 0. The van der Waals surface area contributed by atoms with E-state index < -0.39 is 35.0 Å². The summed E-state index contributed by atoms with van der Waals surface area (Å²) in [6.07, 6.45) is -0.403. The number of ether oxygens (including phenoxy) is 4. The summed E-state index contributed by atoms with van der Waals surface area (Å²) < 4.78 is 19.5. The van der Waals surface area contributed by atoms with Crippen LogP contribution in [0.1, 0.15) is 53.4 Å². The van der Waals surface area contributed by atoms with Crippen LogP contribution < -0.4 is 0 Å². The number of azo groups is 1. The first-order valence-corrected chi connectivity index (χ1v) is 11.0. The summed E-state index contributed by atoms with van der Waals surface area (Å²) in [5.41, 5.74) is -2.40. The second-order valence-corrected chi connectivity index (χ2v) is 8.24. The Hall–Kier alpha value is -4.06. The second-order valence-electron chi connectivity index (χ2n) is 8.24. The minimum Gasteiger partial charge on any atom is -0.462 e. The first-order valence-electron chi connectivity index (χ1n) is 11.0. The zero-order chi connectivity index (χ0) is 27.8. The lowest BCUT2D eigenvalue weighted by atomic mass is 9.97. The van der Waals surface area contributed by atoms with Crippen LogP contribution in [-0.4, -0.2) is 61.4 Å². The monoisotopic (exact) mass is 504 g/mol. The van der Waals surface area contributed by atoms with Crippen LogP contribution in [-0.2, 0) is 38.1 Å². The first-order chi connectivity index (χ1) is 16.8. The summed E-state index contributed by atoms with van der Waals surface area (Å²) in [4.78, 5) is 46.3. The van der Waals surface area contributed by atoms with Crippen LogP contribution in [0, 0.1) is 22.7 Å². The number of carbonyl (C=O) groups is 4. The zero-order valence-electron chi connectivity index (χ0n) is 21.1. The lowest BCUT2D eigenvalue weighted by Crippen LogP contribution is -2.26. The van der Waals surface area contributed by atoms with Gasteiger partial charge in [0.1, 0.15) is 26.4 Å². The molecule has 0 aliphatic carbocycles. The third kappa shape index (κ3) is 13.6. The minimum atomic E-state index is -1.42. The molecular weight excluding hydrogens is 472 g/mol. The highest BCUT2D eigenvalue weighted by Gasteiger charge is 2.30.